The zero-order valence-corrected chi connectivity index (χ0v) is 17.1. The summed E-state index contributed by atoms with van der Waals surface area (Å²) in [5.74, 6) is 0.0875. The predicted molar refractivity (Wildman–Crippen MR) is 111 cm³/mol. The fraction of sp³-hybridized carbons (Fsp3) is 0.409. The zero-order valence-electron chi connectivity index (χ0n) is 17.1. The number of nitrogens with zero attached hydrogens (tertiary/aromatic N) is 1. The molecule has 0 bridgehead atoms. The van der Waals surface area contributed by atoms with Gasteiger partial charge in [-0.05, 0) is 62.8 Å². The molecule has 0 unspecified atom stereocenters. The number of anilines is 1. The first-order valence-corrected chi connectivity index (χ1v) is 9.99. The summed E-state index contributed by atoms with van der Waals surface area (Å²) in [5, 5.41) is 15.8. The minimum absolute atomic E-state index is 0.0829. The summed E-state index contributed by atoms with van der Waals surface area (Å²) in [7, 11) is 1.42. The third kappa shape index (κ3) is 4.92. The highest BCUT2D eigenvalue weighted by Crippen LogP contribution is 2.29. The van der Waals surface area contributed by atoms with Crippen LogP contribution in [0.25, 0.3) is 0 Å². The van der Waals surface area contributed by atoms with Crippen LogP contribution in [0.3, 0.4) is 0 Å². The Morgan fingerprint density at radius 1 is 1.14 bits per heavy atom. The van der Waals surface area contributed by atoms with E-state index in [1.807, 2.05) is 12.2 Å². The molecule has 0 aromatic heterocycles. The van der Waals surface area contributed by atoms with Crippen molar-refractivity contribution in [3.05, 3.63) is 63.2 Å². The summed E-state index contributed by atoms with van der Waals surface area (Å²) in [6, 6.07) is 10.6. The number of quaternary nitrogens is 1. The van der Waals surface area contributed by atoms with Crippen molar-refractivity contribution in [2.45, 2.75) is 51.6 Å². The van der Waals surface area contributed by atoms with Crippen molar-refractivity contribution >= 4 is 17.3 Å². The summed E-state index contributed by atoms with van der Waals surface area (Å²) in [6.45, 7) is 3.95. The average Bonchev–Trinajstić information content (AvgIpc) is 2.73. The Morgan fingerprint density at radius 3 is 2.55 bits per heavy atom. The minimum atomic E-state index is -0.495. The van der Waals surface area contributed by atoms with Crippen molar-refractivity contribution in [3.63, 3.8) is 0 Å². The summed E-state index contributed by atoms with van der Waals surface area (Å²) in [6.07, 6.45) is 4.79. The number of ether oxygens (including phenoxy) is 1. The molecular weight excluding hydrogens is 370 g/mol. The van der Waals surface area contributed by atoms with Gasteiger partial charge in [0.05, 0.1) is 23.8 Å². The molecule has 0 heterocycles. The number of nitrogens with two attached hydrogens (primary N) is 1. The zero-order chi connectivity index (χ0) is 21.0. The molecule has 3 rings (SSSR count). The molecule has 0 radical (unpaired) electrons. The second kappa shape index (κ2) is 9.05. The molecule has 2 atom stereocenters. The van der Waals surface area contributed by atoms with E-state index in [4.69, 9.17) is 4.74 Å². The molecule has 7 heteroatoms. The second-order valence-corrected chi connectivity index (χ2v) is 7.64. The first-order chi connectivity index (χ1) is 13.9. The van der Waals surface area contributed by atoms with Gasteiger partial charge in [-0.25, -0.2) is 0 Å². The largest absolute Gasteiger partial charge is 0.494 e. The first kappa shape index (κ1) is 20.8. The Labute approximate surface area is 170 Å². The number of hydrogen-bond acceptors (Lipinski definition) is 4. The van der Waals surface area contributed by atoms with Crippen molar-refractivity contribution in [2.75, 3.05) is 12.4 Å². The van der Waals surface area contributed by atoms with Crippen LogP contribution < -0.4 is 15.4 Å². The SMILES string of the molecule is COc1cc([N+](=O)[O-])ccc1NC(=O)[C@@H](C)[NH2+][C@@H](C)c1ccc2c(c1)CCCC2. The Balaban J connectivity index is 1.65. The van der Waals surface area contributed by atoms with Gasteiger partial charge in [0.15, 0.2) is 6.04 Å². The molecule has 0 saturated carbocycles. The maximum Gasteiger partial charge on any atom is 0.282 e. The molecule has 0 fully saturated rings. The van der Waals surface area contributed by atoms with Crippen LogP contribution in [-0.2, 0) is 17.6 Å². The van der Waals surface area contributed by atoms with Crippen LogP contribution in [0.2, 0.25) is 0 Å². The molecule has 1 aliphatic carbocycles. The molecule has 154 valence electrons. The monoisotopic (exact) mass is 398 g/mol. The number of nitro groups is 1. The van der Waals surface area contributed by atoms with Crippen molar-refractivity contribution in [1.29, 1.82) is 0 Å². The molecule has 0 aliphatic heterocycles. The number of carbonyl (C=O) groups excluding carboxylic acids is 1. The van der Waals surface area contributed by atoms with Crippen LogP contribution in [0, 0.1) is 10.1 Å². The molecule has 29 heavy (non-hydrogen) atoms. The number of hydrogen-bond donors (Lipinski definition) is 2. The second-order valence-electron chi connectivity index (χ2n) is 7.64. The number of amides is 1. The number of nitrogens with one attached hydrogen (secondary N) is 1. The van der Waals surface area contributed by atoms with Crippen LogP contribution >= 0.6 is 0 Å². The van der Waals surface area contributed by atoms with Crippen molar-refractivity contribution in [1.82, 2.24) is 0 Å². The van der Waals surface area contributed by atoms with E-state index in [-0.39, 0.29) is 29.4 Å². The summed E-state index contributed by atoms with van der Waals surface area (Å²) >= 11 is 0. The van der Waals surface area contributed by atoms with Gasteiger partial charge in [0.25, 0.3) is 11.6 Å². The van der Waals surface area contributed by atoms with E-state index in [0.29, 0.717) is 5.69 Å². The number of non-ortho nitro benzene ring substituents is 1. The van der Waals surface area contributed by atoms with Crippen LogP contribution in [-0.4, -0.2) is 24.0 Å². The van der Waals surface area contributed by atoms with Crippen LogP contribution in [0.5, 0.6) is 5.75 Å². The fourth-order valence-electron chi connectivity index (χ4n) is 3.81. The number of fused-ring (bicyclic) bond motifs is 1. The Kier molecular flexibility index (Phi) is 6.49. The average molecular weight is 398 g/mol. The lowest BCUT2D eigenvalue weighted by atomic mass is 9.89. The van der Waals surface area contributed by atoms with Crippen molar-refractivity contribution < 1.29 is 19.8 Å². The van der Waals surface area contributed by atoms with Crippen LogP contribution in [0.1, 0.15) is 49.4 Å². The van der Waals surface area contributed by atoms with E-state index >= 15 is 0 Å². The van der Waals surface area contributed by atoms with Gasteiger partial charge in [-0.3, -0.25) is 14.9 Å². The quantitative estimate of drug-likeness (QED) is 0.553. The lowest BCUT2D eigenvalue weighted by molar-refractivity contribution is -0.709. The van der Waals surface area contributed by atoms with Gasteiger partial charge in [0, 0.05) is 11.6 Å². The van der Waals surface area contributed by atoms with E-state index in [1.165, 1.54) is 54.8 Å². The highest BCUT2D eigenvalue weighted by atomic mass is 16.6. The minimum Gasteiger partial charge on any atom is -0.494 e. The topological polar surface area (TPSA) is 98.1 Å². The molecular formula is C22H28N3O4+. The van der Waals surface area contributed by atoms with Crippen molar-refractivity contribution in [3.8, 4) is 5.75 Å². The number of nitro benzene ring substituents is 1. The lowest BCUT2D eigenvalue weighted by Crippen LogP contribution is -2.91. The normalized spacial score (nSPS) is 15.1. The van der Waals surface area contributed by atoms with Gasteiger partial charge < -0.3 is 15.4 Å². The van der Waals surface area contributed by atoms with Gasteiger partial charge in [-0.2, -0.15) is 0 Å². The molecule has 2 aromatic carbocycles. The number of methoxy groups -OCH3 is 1. The summed E-state index contributed by atoms with van der Waals surface area (Å²) < 4.78 is 5.19. The highest BCUT2D eigenvalue weighted by molar-refractivity contribution is 5.95. The third-order valence-electron chi connectivity index (χ3n) is 5.54. The van der Waals surface area contributed by atoms with Gasteiger partial charge in [0.2, 0.25) is 0 Å². The number of carbonyl (C=O) groups is 1. The van der Waals surface area contributed by atoms with Crippen molar-refractivity contribution in [2.24, 2.45) is 0 Å². The number of benzene rings is 2. The van der Waals surface area contributed by atoms with Crippen LogP contribution in [0.4, 0.5) is 11.4 Å². The Morgan fingerprint density at radius 2 is 1.86 bits per heavy atom. The number of rotatable bonds is 7. The summed E-state index contributed by atoms with van der Waals surface area (Å²) in [5.41, 5.74) is 4.44. The maximum absolute atomic E-state index is 12.7. The molecule has 0 spiro atoms. The Bertz CT molecular complexity index is 913. The smallest absolute Gasteiger partial charge is 0.282 e. The van der Waals surface area contributed by atoms with E-state index in [9.17, 15) is 14.9 Å². The van der Waals surface area contributed by atoms with Gasteiger partial charge in [-0.15, -0.1) is 0 Å². The molecule has 2 aromatic rings. The predicted octanol–water partition coefficient (Wildman–Crippen LogP) is 3.13. The standard InChI is InChI=1S/C22H27N3O4/c1-14(17-9-8-16-6-4-5-7-18(16)12-17)23-15(2)22(26)24-20-11-10-19(25(27)28)13-21(20)29-3/h8-15,23H,4-7H2,1-3H3,(H,24,26)/p+1/t14-,15+/m0/s1. The Hall–Kier alpha value is -2.93. The fourth-order valence-corrected chi connectivity index (χ4v) is 3.81. The van der Waals surface area contributed by atoms with E-state index in [0.717, 1.165) is 12.8 Å². The maximum atomic E-state index is 12.7. The molecule has 1 amide bonds. The molecule has 7 nitrogen and oxygen atoms in total. The van der Waals surface area contributed by atoms with Gasteiger partial charge >= 0.3 is 0 Å². The highest BCUT2D eigenvalue weighted by Gasteiger charge is 2.23. The van der Waals surface area contributed by atoms with E-state index in [1.54, 1.807) is 0 Å². The summed E-state index contributed by atoms with van der Waals surface area (Å²) in [4.78, 5) is 23.1. The number of aryl methyl sites for hydroxylation is 2. The van der Waals surface area contributed by atoms with E-state index in [2.05, 4.69) is 30.4 Å². The molecule has 3 N–H and O–H groups in total. The first-order valence-electron chi connectivity index (χ1n) is 9.99. The molecule has 1 aliphatic rings. The lowest BCUT2D eigenvalue weighted by Gasteiger charge is -2.20. The van der Waals surface area contributed by atoms with Gasteiger partial charge in [0.1, 0.15) is 11.8 Å². The van der Waals surface area contributed by atoms with Crippen LogP contribution in [0.15, 0.2) is 36.4 Å². The van der Waals surface area contributed by atoms with E-state index < -0.39 is 4.92 Å². The van der Waals surface area contributed by atoms with Gasteiger partial charge in [-0.1, -0.05) is 12.1 Å². The molecule has 0 saturated heterocycles. The third-order valence-corrected chi connectivity index (χ3v) is 5.54.